The molecule has 0 bridgehead atoms. The van der Waals surface area contributed by atoms with Crippen LogP contribution in [0.5, 0.6) is 5.75 Å². The van der Waals surface area contributed by atoms with E-state index in [4.69, 9.17) is 15.7 Å². The highest BCUT2D eigenvalue weighted by atomic mass is 19.1. The first-order chi connectivity index (χ1) is 16.9. The summed E-state index contributed by atoms with van der Waals surface area (Å²) < 4.78 is 19.2. The minimum absolute atomic E-state index is 0.0507. The third kappa shape index (κ3) is 7.91. The lowest BCUT2D eigenvalue weighted by atomic mass is 9.97. The molecule has 188 valence electrons. The number of nitrogens with two attached hydrogens (primary N) is 1. The zero-order valence-corrected chi connectivity index (χ0v) is 21.2. The summed E-state index contributed by atoms with van der Waals surface area (Å²) in [5.74, 6) is 0.274. The van der Waals surface area contributed by atoms with Gasteiger partial charge in [-0.2, -0.15) is 5.26 Å². The molecule has 2 aromatic carbocycles. The number of carbonyl (C=O) groups excluding carboxylic acids is 1. The molecule has 2 aromatic rings. The Balaban J connectivity index is 0.000000325. The molecule has 2 aliphatic rings. The van der Waals surface area contributed by atoms with Gasteiger partial charge in [-0.15, -0.1) is 0 Å². The van der Waals surface area contributed by atoms with Crippen LogP contribution in [0, 0.1) is 17.1 Å². The Kier molecular flexibility index (Phi) is 11.4. The molecule has 0 aromatic heterocycles. The number of hydrogen-bond donors (Lipinski definition) is 1. The van der Waals surface area contributed by atoms with Gasteiger partial charge < -0.3 is 15.3 Å². The summed E-state index contributed by atoms with van der Waals surface area (Å²) in [6.07, 6.45) is 10.3. The van der Waals surface area contributed by atoms with Gasteiger partial charge in [0.25, 0.3) is 0 Å². The fourth-order valence-electron chi connectivity index (χ4n) is 3.92. The molecule has 0 saturated heterocycles. The maximum atomic E-state index is 14.0. The van der Waals surface area contributed by atoms with Gasteiger partial charge in [0.15, 0.2) is 0 Å². The zero-order chi connectivity index (χ0) is 25.8. The van der Waals surface area contributed by atoms with Crippen molar-refractivity contribution < 1.29 is 13.9 Å². The van der Waals surface area contributed by atoms with Gasteiger partial charge in [0.05, 0.1) is 24.1 Å². The quantitative estimate of drug-likeness (QED) is 0.567. The predicted octanol–water partition coefficient (Wildman–Crippen LogP) is 5.68. The highest BCUT2D eigenvalue weighted by Gasteiger charge is 2.29. The average molecular weight is 481 g/mol. The normalized spacial score (nSPS) is 17.8. The third-order valence-electron chi connectivity index (χ3n) is 6.05. The van der Waals surface area contributed by atoms with E-state index in [1.54, 1.807) is 13.2 Å². The van der Waals surface area contributed by atoms with Gasteiger partial charge in [0.2, 0.25) is 0 Å². The first kappa shape index (κ1) is 28.0. The zero-order valence-electron chi connectivity index (χ0n) is 21.2. The Morgan fingerprint density at radius 1 is 1.17 bits per heavy atom. The lowest BCUT2D eigenvalue weighted by molar-refractivity contribution is -0.107. The van der Waals surface area contributed by atoms with E-state index in [-0.39, 0.29) is 11.6 Å². The maximum Gasteiger partial charge on any atom is 0.141 e. The summed E-state index contributed by atoms with van der Waals surface area (Å²) in [6, 6.07) is 15.0. The number of benzene rings is 2. The number of anilines is 1. The number of aldehydes is 1. The first-order valence-electron chi connectivity index (χ1n) is 12.1. The molecule has 2 N–H and O–H groups in total. The molecule has 4 rings (SSSR count). The molecule has 1 unspecified atom stereocenters. The fourth-order valence-corrected chi connectivity index (χ4v) is 3.92. The van der Waals surface area contributed by atoms with E-state index in [2.05, 4.69) is 18.0 Å². The van der Waals surface area contributed by atoms with Crippen molar-refractivity contribution in [2.24, 2.45) is 5.73 Å². The summed E-state index contributed by atoms with van der Waals surface area (Å²) in [6.45, 7) is 3.89. The van der Waals surface area contributed by atoms with Crippen LogP contribution in [-0.4, -0.2) is 37.5 Å². The molecule has 0 amide bonds. The third-order valence-corrected chi connectivity index (χ3v) is 6.05. The minimum atomic E-state index is -0.507. The molecule has 35 heavy (non-hydrogen) atoms. The first-order valence-corrected chi connectivity index (χ1v) is 12.1. The van der Waals surface area contributed by atoms with E-state index in [0.717, 1.165) is 29.0 Å². The molecule has 6 nitrogen and oxygen atoms in total. The Labute approximate surface area is 208 Å². The van der Waals surface area contributed by atoms with Crippen LogP contribution in [0.25, 0.3) is 5.70 Å². The van der Waals surface area contributed by atoms with Gasteiger partial charge in [-0.3, -0.25) is 5.01 Å². The van der Waals surface area contributed by atoms with E-state index in [1.807, 2.05) is 49.3 Å². The van der Waals surface area contributed by atoms with E-state index in [1.165, 1.54) is 44.2 Å². The minimum Gasteiger partial charge on any atom is -0.497 e. The Morgan fingerprint density at radius 2 is 1.80 bits per heavy atom. The number of halogens is 1. The van der Waals surface area contributed by atoms with Crippen LogP contribution in [0.3, 0.4) is 0 Å². The Bertz CT molecular complexity index is 1010. The van der Waals surface area contributed by atoms with E-state index >= 15 is 0 Å². The van der Waals surface area contributed by atoms with Crippen LogP contribution in [0.2, 0.25) is 0 Å². The van der Waals surface area contributed by atoms with Gasteiger partial charge in [0, 0.05) is 31.1 Å². The van der Waals surface area contributed by atoms with E-state index in [0.29, 0.717) is 12.5 Å². The second-order valence-electron chi connectivity index (χ2n) is 8.66. The molecule has 0 spiro atoms. The van der Waals surface area contributed by atoms with Crippen LogP contribution in [0.4, 0.5) is 10.1 Å². The van der Waals surface area contributed by atoms with Crippen molar-refractivity contribution in [2.75, 3.05) is 19.2 Å². The summed E-state index contributed by atoms with van der Waals surface area (Å²) in [5, 5.41) is 13.0. The predicted molar refractivity (Wildman–Crippen MR) is 139 cm³/mol. The number of nitrogens with zero attached hydrogens (tertiary/aromatic N) is 3. The number of rotatable bonds is 4. The molecule has 1 saturated carbocycles. The molecule has 1 aliphatic carbocycles. The number of likely N-dealkylation sites (N-methyl/N-ethyl adjacent to an activating group) is 1. The summed E-state index contributed by atoms with van der Waals surface area (Å²) in [4.78, 5) is 9.17. The molecule has 7 heteroatoms. The van der Waals surface area contributed by atoms with Crippen LogP contribution in [-0.2, 0) is 4.79 Å². The average Bonchev–Trinajstić information content (AvgIpc) is 3.19. The second kappa shape index (κ2) is 14.2. The topological polar surface area (TPSA) is 82.6 Å². The van der Waals surface area contributed by atoms with Gasteiger partial charge in [-0.05, 0) is 62.2 Å². The lowest BCUT2D eigenvalue weighted by Crippen LogP contribution is -2.37. The van der Waals surface area contributed by atoms with Crippen molar-refractivity contribution in [3.8, 4) is 11.8 Å². The van der Waals surface area contributed by atoms with Crippen LogP contribution >= 0.6 is 0 Å². The van der Waals surface area contributed by atoms with Crippen molar-refractivity contribution >= 4 is 17.7 Å². The second-order valence-corrected chi connectivity index (χ2v) is 8.66. The van der Waals surface area contributed by atoms with Crippen LogP contribution < -0.4 is 15.5 Å². The SMILES string of the molecule is CCC=O.COc1ccc(N2C(c3ccc(C#N)c(F)c3)=CC(C)N2C)cc1.NC1CCCCC1. The number of methoxy groups -OCH3 is 1. The van der Waals surface area contributed by atoms with Gasteiger partial charge in [-0.1, -0.05) is 32.3 Å². The number of carbonyl (C=O) groups is 1. The van der Waals surface area contributed by atoms with E-state index in [9.17, 15) is 9.18 Å². The number of ether oxygens (including phenoxy) is 1. The van der Waals surface area contributed by atoms with Crippen molar-refractivity contribution in [1.82, 2.24) is 5.01 Å². The molecule has 0 radical (unpaired) electrons. The lowest BCUT2D eigenvalue weighted by Gasteiger charge is -2.32. The molecule has 1 heterocycles. The summed E-state index contributed by atoms with van der Waals surface area (Å²) in [5.41, 5.74) is 8.26. The summed E-state index contributed by atoms with van der Waals surface area (Å²) >= 11 is 0. The largest absolute Gasteiger partial charge is 0.497 e. The monoisotopic (exact) mass is 480 g/mol. The molecular formula is C28H37FN4O2. The van der Waals surface area contributed by atoms with Gasteiger partial charge >= 0.3 is 0 Å². The highest BCUT2D eigenvalue weighted by molar-refractivity contribution is 5.81. The van der Waals surface area contributed by atoms with Crippen LogP contribution in [0.1, 0.15) is 63.5 Å². The van der Waals surface area contributed by atoms with Gasteiger partial charge in [0.1, 0.15) is 23.9 Å². The number of hydrazine groups is 1. The maximum absolute atomic E-state index is 14.0. The standard InChI is InChI=1S/C19H18FN3O.C6H13N.C3H6O/c1-13-10-19(14-4-5-15(12-21)18(20)11-14)23(22(13)2)16-6-8-17(24-3)9-7-16;7-6-4-2-1-3-5-6;1-2-3-4/h4-11,13H,1-3H3;6H,1-5,7H2;3H,2H2,1H3. The number of hydrogen-bond acceptors (Lipinski definition) is 6. The van der Waals surface area contributed by atoms with Crippen molar-refractivity contribution in [3.05, 3.63) is 65.5 Å². The number of nitriles is 1. The van der Waals surface area contributed by atoms with Crippen molar-refractivity contribution in [3.63, 3.8) is 0 Å². The summed E-state index contributed by atoms with van der Waals surface area (Å²) in [7, 11) is 3.61. The van der Waals surface area contributed by atoms with Crippen molar-refractivity contribution in [1.29, 1.82) is 5.26 Å². The molecule has 1 fully saturated rings. The fraction of sp³-hybridized carbons (Fsp3) is 0.429. The highest BCUT2D eigenvalue weighted by Crippen LogP contribution is 2.35. The molecule has 1 aliphatic heterocycles. The Morgan fingerprint density at radius 3 is 2.26 bits per heavy atom. The Hall–Kier alpha value is -3.21. The van der Waals surface area contributed by atoms with Crippen molar-refractivity contribution in [2.45, 2.75) is 64.5 Å². The van der Waals surface area contributed by atoms with E-state index < -0.39 is 5.82 Å². The van der Waals surface area contributed by atoms with Crippen LogP contribution in [0.15, 0.2) is 48.5 Å². The molecular weight excluding hydrogens is 443 g/mol. The molecule has 1 atom stereocenters. The van der Waals surface area contributed by atoms with Gasteiger partial charge in [-0.25, -0.2) is 9.40 Å². The smallest absolute Gasteiger partial charge is 0.141 e.